The van der Waals surface area contributed by atoms with Crippen molar-refractivity contribution in [1.29, 1.82) is 0 Å². The van der Waals surface area contributed by atoms with Crippen molar-refractivity contribution in [3.8, 4) is 5.75 Å². The van der Waals surface area contributed by atoms with Crippen LogP contribution in [-0.4, -0.2) is 25.1 Å². The predicted molar refractivity (Wildman–Crippen MR) is 60.7 cm³/mol. The van der Waals surface area contributed by atoms with Crippen molar-refractivity contribution in [2.24, 2.45) is 0 Å². The lowest BCUT2D eigenvalue weighted by atomic mass is 10.1. The summed E-state index contributed by atoms with van der Waals surface area (Å²) in [6.07, 6.45) is 1.70. The normalized spacial score (nSPS) is 18.2. The van der Waals surface area contributed by atoms with E-state index in [1.165, 1.54) is 5.56 Å². The Morgan fingerprint density at radius 3 is 2.69 bits per heavy atom. The molecule has 2 rings (SSSR count). The monoisotopic (exact) mass is 220 g/mol. The molecule has 0 unspecified atom stereocenters. The number of carbonyl (C=O) groups excluding carboxylic acids is 1. The van der Waals surface area contributed by atoms with Crippen molar-refractivity contribution in [1.82, 2.24) is 0 Å². The molecule has 0 amide bonds. The Morgan fingerprint density at radius 2 is 2.12 bits per heavy atom. The maximum absolute atomic E-state index is 10.8. The van der Waals surface area contributed by atoms with Crippen LogP contribution in [0.1, 0.15) is 18.9 Å². The lowest BCUT2D eigenvalue weighted by Crippen LogP contribution is -2.03. The third-order valence-corrected chi connectivity index (χ3v) is 2.53. The number of benzene rings is 1. The summed E-state index contributed by atoms with van der Waals surface area (Å²) in [6, 6.07) is 7.90. The lowest BCUT2D eigenvalue weighted by Gasteiger charge is -2.05. The summed E-state index contributed by atoms with van der Waals surface area (Å²) in [5.41, 5.74) is 1.17. The van der Waals surface area contributed by atoms with Crippen LogP contribution >= 0.6 is 0 Å². The maximum Gasteiger partial charge on any atom is 0.130 e. The Hall–Kier alpha value is -1.35. The van der Waals surface area contributed by atoms with Crippen LogP contribution in [0.4, 0.5) is 0 Å². The summed E-state index contributed by atoms with van der Waals surface area (Å²) in [5, 5.41) is 0. The summed E-state index contributed by atoms with van der Waals surface area (Å²) in [5.74, 6) is 1.09. The van der Waals surface area contributed by atoms with Gasteiger partial charge in [0.2, 0.25) is 0 Å². The van der Waals surface area contributed by atoms with Gasteiger partial charge < -0.3 is 14.3 Å². The standard InChI is InChI=1S/C13H16O3/c1-10(14)2-3-11-4-6-12(7-5-11)15-8-13-9-16-13/h4-7,13H,2-3,8-9H2,1H3/t13-/m1/s1. The molecule has 1 heterocycles. The van der Waals surface area contributed by atoms with Crippen molar-refractivity contribution in [2.45, 2.75) is 25.9 Å². The molecule has 0 radical (unpaired) electrons. The SMILES string of the molecule is CC(=O)CCc1ccc(OC[C@@H]2CO2)cc1. The number of hydrogen-bond donors (Lipinski definition) is 0. The molecule has 3 heteroatoms. The molecule has 0 N–H and O–H groups in total. The minimum atomic E-state index is 0.228. The van der Waals surface area contributed by atoms with Crippen LogP contribution in [0.2, 0.25) is 0 Å². The quantitative estimate of drug-likeness (QED) is 0.688. The molecule has 0 bridgehead atoms. The first-order valence-electron chi connectivity index (χ1n) is 5.57. The van der Waals surface area contributed by atoms with E-state index in [-0.39, 0.29) is 11.9 Å². The Kier molecular flexibility index (Phi) is 3.57. The van der Waals surface area contributed by atoms with Crippen LogP contribution in [0.3, 0.4) is 0 Å². The van der Waals surface area contributed by atoms with Crippen molar-refractivity contribution >= 4 is 5.78 Å². The van der Waals surface area contributed by atoms with Gasteiger partial charge in [0.15, 0.2) is 0 Å². The zero-order valence-corrected chi connectivity index (χ0v) is 9.44. The van der Waals surface area contributed by atoms with Crippen LogP contribution in [-0.2, 0) is 16.0 Å². The first-order chi connectivity index (χ1) is 7.74. The molecule has 1 aromatic carbocycles. The minimum absolute atomic E-state index is 0.228. The number of aryl methyl sites for hydroxylation is 1. The highest BCUT2D eigenvalue weighted by Gasteiger charge is 2.22. The third kappa shape index (κ3) is 3.66. The fourth-order valence-electron chi connectivity index (χ4n) is 1.43. The summed E-state index contributed by atoms with van der Waals surface area (Å²) in [7, 11) is 0. The van der Waals surface area contributed by atoms with E-state index in [4.69, 9.17) is 9.47 Å². The maximum atomic E-state index is 10.8. The zero-order chi connectivity index (χ0) is 11.4. The predicted octanol–water partition coefficient (Wildman–Crippen LogP) is 1.99. The summed E-state index contributed by atoms with van der Waals surface area (Å²) < 4.78 is 10.6. The fourth-order valence-corrected chi connectivity index (χ4v) is 1.43. The van der Waals surface area contributed by atoms with Gasteiger partial charge in [-0.15, -0.1) is 0 Å². The number of ketones is 1. The topological polar surface area (TPSA) is 38.8 Å². The molecule has 1 fully saturated rings. The molecule has 0 aromatic heterocycles. The van der Waals surface area contributed by atoms with Crippen LogP contribution in [0.15, 0.2) is 24.3 Å². The fraction of sp³-hybridized carbons (Fsp3) is 0.462. The van der Waals surface area contributed by atoms with Gasteiger partial charge in [0.05, 0.1) is 6.61 Å². The van der Waals surface area contributed by atoms with Gasteiger partial charge in [0.1, 0.15) is 24.2 Å². The van der Waals surface area contributed by atoms with E-state index in [1.54, 1.807) is 6.92 Å². The van der Waals surface area contributed by atoms with Crippen LogP contribution < -0.4 is 4.74 Å². The summed E-state index contributed by atoms with van der Waals surface area (Å²) in [6.45, 7) is 3.07. The van der Waals surface area contributed by atoms with Gasteiger partial charge in [-0.3, -0.25) is 0 Å². The van der Waals surface area contributed by atoms with Crippen LogP contribution in [0.5, 0.6) is 5.75 Å². The van der Waals surface area contributed by atoms with E-state index in [0.29, 0.717) is 13.0 Å². The lowest BCUT2D eigenvalue weighted by molar-refractivity contribution is -0.116. The molecule has 0 spiro atoms. The van der Waals surface area contributed by atoms with Crippen molar-refractivity contribution in [3.63, 3.8) is 0 Å². The van der Waals surface area contributed by atoms with Gasteiger partial charge in [0, 0.05) is 6.42 Å². The van der Waals surface area contributed by atoms with Gasteiger partial charge in [-0.05, 0) is 31.0 Å². The highest BCUT2D eigenvalue weighted by Crippen LogP contribution is 2.16. The highest BCUT2D eigenvalue weighted by atomic mass is 16.6. The van der Waals surface area contributed by atoms with Gasteiger partial charge in [-0.2, -0.15) is 0 Å². The second kappa shape index (κ2) is 5.12. The number of hydrogen-bond acceptors (Lipinski definition) is 3. The zero-order valence-electron chi connectivity index (χ0n) is 9.44. The Morgan fingerprint density at radius 1 is 1.44 bits per heavy atom. The Labute approximate surface area is 95.4 Å². The van der Waals surface area contributed by atoms with E-state index in [2.05, 4.69) is 0 Å². The smallest absolute Gasteiger partial charge is 0.130 e. The molecule has 1 aliphatic rings. The molecule has 1 aromatic rings. The van der Waals surface area contributed by atoms with Crippen LogP contribution in [0, 0.1) is 0 Å². The number of ether oxygens (including phenoxy) is 2. The average Bonchev–Trinajstić information content (AvgIpc) is 3.09. The van der Waals surface area contributed by atoms with E-state index in [1.807, 2.05) is 24.3 Å². The molecule has 1 saturated heterocycles. The van der Waals surface area contributed by atoms with Gasteiger partial charge in [0.25, 0.3) is 0 Å². The van der Waals surface area contributed by atoms with Crippen LogP contribution in [0.25, 0.3) is 0 Å². The Balaban J connectivity index is 1.80. The number of Topliss-reactive ketones (excluding diaryl/α,β-unsaturated/α-hetero) is 1. The highest BCUT2D eigenvalue weighted by molar-refractivity contribution is 5.75. The van der Waals surface area contributed by atoms with Gasteiger partial charge in [-0.1, -0.05) is 12.1 Å². The van der Waals surface area contributed by atoms with Crippen molar-refractivity contribution < 1.29 is 14.3 Å². The van der Waals surface area contributed by atoms with Gasteiger partial charge in [-0.25, -0.2) is 0 Å². The number of rotatable bonds is 6. The largest absolute Gasteiger partial charge is 0.491 e. The average molecular weight is 220 g/mol. The van der Waals surface area contributed by atoms with E-state index in [9.17, 15) is 4.79 Å². The van der Waals surface area contributed by atoms with Crippen molar-refractivity contribution in [3.05, 3.63) is 29.8 Å². The first-order valence-corrected chi connectivity index (χ1v) is 5.57. The van der Waals surface area contributed by atoms with Gasteiger partial charge >= 0.3 is 0 Å². The molecular formula is C13H16O3. The van der Waals surface area contributed by atoms with E-state index in [0.717, 1.165) is 18.8 Å². The second-order valence-electron chi connectivity index (χ2n) is 4.11. The van der Waals surface area contributed by atoms with E-state index >= 15 is 0 Å². The Bertz CT molecular complexity index is 352. The second-order valence-corrected chi connectivity index (χ2v) is 4.11. The third-order valence-electron chi connectivity index (χ3n) is 2.53. The first kappa shape index (κ1) is 11.1. The van der Waals surface area contributed by atoms with Crippen molar-refractivity contribution in [2.75, 3.05) is 13.2 Å². The minimum Gasteiger partial charge on any atom is -0.491 e. The molecule has 1 atom stereocenters. The molecule has 16 heavy (non-hydrogen) atoms. The molecule has 0 aliphatic carbocycles. The number of epoxide rings is 1. The molecular weight excluding hydrogens is 204 g/mol. The molecule has 1 aliphatic heterocycles. The molecule has 86 valence electrons. The number of carbonyl (C=O) groups is 1. The van der Waals surface area contributed by atoms with E-state index < -0.39 is 0 Å². The summed E-state index contributed by atoms with van der Waals surface area (Å²) >= 11 is 0. The molecule has 0 saturated carbocycles. The summed E-state index contributed by atoms with van der Waals surface area (Å²) in [4.78, 5) is 10.8. The molecule has 3 nitrogen and oxygen atoms in total.